The molecule has 0 fully saturated rings. The number of aromatic nitrogens is 2. The molecule has 0 amide bonds. The quantitative estimate of drug-likeness (QED) is 0.617. The highest BCUT2D eigenvalue weighted by molar-refractivity contribution is 5.39. The molecule has 100 valence electrons. The van der Waals surface area contributed by atoms with E-state index in [1.807, 2.05) is 6.92 Å². The molecule has 19 heavy (non-hydrogen) atoms. The Morgan fingerprint density at radius 3 is 2.89 bits per heavy atom. The maximum Gasteiger partial charge on any atom is 0.273 e. The van der Waals surface area contributed by atoms with Crippen molar-refractivity contribution >= 4 is 5.69 Å². The number of rotatable bonds is 6. The Labute approximate surface area is 111 Å². The summed E-state index contributed by atoms with van der Waals surface area (Å²) in [5.41, 5.74) is 0.821. The maximum absolute atomic E-state index is 10.9. The largest absolute Gasteiger partial charge is 0.347 e. The Morgan fingerprint density at radius 2 is 2.26 bits per heavy atom. The fraction of sp³-hybridized carbons (Fsp3) is 0.308. The summed E-state index contributed by atoms with van der Waals surface area (Å²) in [6.45, 7) is 2.48. The van der Waals surface area contributed by atoms with E-state index in [1.165, 1.54) is 6.07 Å². The Kier molecular flexibility index (Phi) is 4.25. The third kappa shape index (κ3) is 3.17. The molecule has 1 atom stereocenters. The first-order valence-electron chi connectivity index (χ1n) is 6.17. The van der Waals surface area contributed by atoms with E-state index in [-0.39, 0.29) is 16.7 Å². The topological polar surface area (TPSA) is 83.8 Å². The van der Waals surface area contributed by atoms with E-state index in [4.69, 9.17) is 0 Å². The summed E-state index contributed by atoms with van der Waals surface area (Å²) in [5, 5.41) is 14.2. The molecule has 2 aromatic rings. The molecule has 2 rings (SSSR count). The van der Waals surface area contributed by atoms with Gasteiger partial charge in [0.15, 0.2) is 0 Å². The Hall–Kier alpha value is -2.21. The summed E-state index contributed by atoms with van der Waals surface area (Å²) >= 11 is 0. The first-order valence-corrected chi connectivity index (χ1v) is 6.17. The highest BCUT2D eigenvalue weighted by atomic mass is 16.6. The van der Waals surface area contributed by atoms with Crippen LogP contribution >= 0.6 is 0 Å². The first kappa shape index (κ1) is 13.2. The average Bonchev–Trinajstić information content (AvgIpc) is 2.94. The summed E-state index contributed by atoms with van der Waals surface area (Å²) in [7, 11) is 0. The Bertz CT molecular complexity index is 539. The lowest BCUT2D eigenvalue weighted by Crippen LogP contribution is -2.21. The molecule has 0 spiro atoms. The second-order valence-electron chi connectivity index (χ2n) is 4.20. The molecule has 0 saturated heterocycles. The van der Waals surface area contributed by atoms with Crippen LogP contribution in [0.5, 0.6) is 0 Å². The van der Waals surface area contributed by atoms with Gasteiger partial charge in [-0.25, -0.2) is 4.98 Å². The van der Waals surface area contributed by atoms with Crippen LogP contribution in [0.1, 0.15) is 30.8 Å². The van der Waals surface area contributed by atoms with Crippen molar-refractivity contribution in [2.24, 2.45) is 0 Å². The number of imidazole rings is 1. The number of aromatic amines is 1. The van der Waals surface area contributed by atoms with E-state index in [0.717, 1.165) is 12.2 Å². The van der Waals surface area contributed by atoms with Crippen LogP contribution in [0.2, 0.25) is 0 Å². The fourth-order valence-corrected chi connectivity index (χ4v) is 1.97. The van der Waals surface area contributed by atoms with Gasteiger partial charge in [0, 0.05) is 30.6 Å². The lowest BCUT2D eigenvalue weighted by Gasteiger charge is -2.14. The normalized spacial score (nSPS) is 12.3. The lowest BCUT2D eigenvalue weighted by atomic mass is 10.1. The monoisotopic (exact) mass is 260 g/mol. The fourth-order valence-electron chi connectivity index (χ4n) is 1.97. The minimum Gasteiger partial charge on any atom is -0.347 e. The summed E-state index contributed by atoms with van der Waals surface area (Å²) in [6.07, 6.45) is 4.32. The summed E-state index contributed by atoms with van der Waals surface area (Å²) in [5.74, 6) is 0.848. The van der Waals surface area contributed by atoms with Gasteiger partial charge in [-0.05, 0) is 6.42 Å². The van der Waals surface area contributed by atoms with Crippen LogP contribution in [0.3, 0.4) is 0 Å². The predicted molar refractivity (Wildman–Crippen MR) is 71.6 cm³/mol. The van der Waals surface area contributed by atoms with Gasteiger partial charge < -0.3 is 10.3 Å². The number of hydrogen-bond acceptors (Lipinski definition) is 4. The molecular formula is C13H16N4O2. The molecule has 0 bridgehead atoms. The molecule has 0 radical (unpaired) electrons. The van der Waals surface area contributed by atoms with Crippen molar-refractivity contribution in [2.45, 2.75) is 25.9 Å². The van der Waals surface area contributed by atoms with Crippen LogP contribution in [0.25, 0.3) is 0 Å². The molecule has 1 heterocycles. The number of hydrogen-bond donors (Lipinski definition) is 2. The van der Waals surface area contributed by atoms with Crippen LogP contribution in [0, 0.1) is 10.1 Å². The Balaban J connectivity index is 2.08. The van der Waals surface area contributed by atoms with Crippen molar-refractivity contribution in [1.29, 1.82) is 0 Å². The van der Waals surface area contributed by atoms with Crippen LogP contribution < -0.4 is 5.32 Å². The molecular weight excluding hydrogens is 244 g/mol. The van der Waals surface area contributed by atoms with Crippen LogP contribution in [-0.4, -0.2) is 14.9 Å². The van der Waals surface area contributed by atoms with E-state index in [0.29, 0.717) is 12.1 Å². The second kappa shape index (κ2) is 6.10. The molecule has 0 aliphatic rings. The predicted octanol–water partition coefficient (Wildman–Crippen LogP) is 2.56. The van der Waals surface area contributed by atoms with Crippen LogP contribution in [-0.2, 0) is 6.54 Å². The number of nitrogens with one attached hydrogen (secondary N) is 2. The summed E-state index contributed by atoms with van der Waals surface area (Å²) in [6, 6.07) is 6.82. The number of nitrogens with zero attached hydrogens (tertiary/aromatic N) is 2. The Morgan fingerprint density at radius 1 is 1.47 bits per heavy atom. The molecule has 6 nitrogen and oxygen atoms in total. The van der Waals surface area contributed by atoms with Gasteiger partial charge in [0.2, 0.25) is 0 Å². The van der Waals surface area contributed by atoms with E-state index in [9.17, 15) is 10.1 Å². The highest BCUT2D eigenvalue weighted by Crippen LogP contribution is 2.19. The van der Waals surface area contributed by atoms with Crippen LogP contribution in [0.4, 0.5) is 5.69 Å². The van der Waals surface area contributed by atoms with Gasteiger partial charge in [0.1, 0.15) is 5.82 Å². The number of nitro benzene ring substituents is 1. The molecule has 1 aromatic heterocycles. The van der Waals surface area contributed by atoms with E-state index in [1.54, 1.807) is 30.6 Å². The highest BCUT2D eigenvalue weighted by Gasteiger charge is 2.15. The van der Waals surface area contributed by atoms with Crippen molar-refractivity contribution in [3.8, 4) is 0 Å². The van der Waals surface area contributed by atoms with Gasteiger partial charge in [-0.3, -0.25) is 10.1 Å². The van der Waals surface area contributed by atoms with E-state index in [2.05, 4.69) is 15.3 Å². The van der Waals surface area contributed by atoms with Crippen molar-refractivity contribution in [3.05, 3.63) is 58.2 Å². The molecule has 0 aliphatic heterocycles. The molecule has 0 saturated carbocycles. The summed E-state index contributed by atoms with van der Waals surface area (Å²) < 4.78 is 0. The number of para-hydroxylation sites is 1. The second-order valence-corrected chi connectivity index (χ2v) is 4.20. The van der Waals surface area contributed by atoms with Gasteiger partial charge in [-0.2, -0.15) is 0 Å². The lowest BCUT2D eigenvalue weighted by molar-refractivity contribution is -0.385. The smallest absolute Gasteiger partial charge is 0.273 e. The van der Waals surface area contributed by atoms with E-state index < -0.39 is 0 Å². The van der Waals surface area contributed by atoms with Gasteiger partial charge in [-0.1, -0.05) is 25.1 Å². The minimum absolute atomic E-state index is 0.0646. The van der Waals surface area contributed by atoms with E-state index >= 15 is 0 Å². The number of H-pyrrole nitrogens is 1. The van der Waals surface area contributed by atoms with Gasteiger partial charge in [0.25, 0.3) is 5.69 Å². The molecule has 1 aromatic carbocycles. The van der Waals surface area contributed by atoms with Gasteiger partial charge in [0.05, 0.1) is 11.0 Å². The van der Waals surface area contributed by atoms with Crippen molar-refractivity contribution in [1.82, 2.24) is 15.3 Å². The van der Waals surface area contributed by atoms with Crippen molar-refractivity contribution in [3.63, 3.8) is 0 Å². The number of nitro groups is 1. The molecule has 0 aliphatic carbocycles. The number of benzene rings is 1. The zero-order valence-electron chi connectivity index (χ0n) is 10.7. The molecule has 1 unspecified atom stereocenters. The average molecular weight is 260 g/mol. The van der Waals surface area contributed by atoms with Gasteiger partial charge >= 0.3 is 0 Å². The van der Waals surface area contributed by atoms with Crippen molar-refractivity contribution in [2.75, 3.05) is 0 Å². The standard InChI is InChI=1S/C13H16N4O2/c1-2-11(13-14-7-8-15-13)16-9-10-5-3-4-6-12(10)17(18)19/h3-8,11,16H,2,9H2,1H3,(H,14,15). The zero-order valence-corrected chi connectivity index (χ0v) is 10.7. The molecule has 6 heteroatoms. The first-order chi connectivity index (χ1) is 9.22. The van der Waals surface area contributed by atoms with Gasteiger partial charge in [-0.15, -0.1) is 0 Å². The third-order valence-electron chi connectivity index (χ3n) is 2.98. The molecule has 2 N–H and O–H groups in total. The SMILES string of the molecule is CCC(NCc1ccccc1[N+](=O)[O-])c1ncc[nH]1. The van der Waals surface area contributed by atoms with Crippen LogP contribution in [0.15, 0.2) is 36.7 Å². The minimum atomic E-state index is -0.356. The zero-order chi connectivity index (χ0) is 13.7. The van der Waals surface area contributed by atoms with Crippen molar-refractivity contribution < 1.29 is 4.92 Å². The third-order valence-corrected chi connectivity index (χ3v) is 2.98. The maximum atomic E-state index is 10.9. The summed E-state index contributed by atoms with van der Waals surface area (Å²) in [4.78, 5) is 17.8.